The summed E-state index contributed by atoms with van der Waals surface area (Å²) in [5.74, 6) is 1.90. The molecule has 2 heterocycles. The van der Waals surface area contributed by atoms with Crippen molar-refractivity contribution < 1.29 is 37.9 Å². The highest BCUT2D eigenvalue weighted by Crippen LogP contribution is 2.44. The summed E-state index contributed by atoms with van der Waals surface area (Å²) in [4.78, 5) is 0. The summed E-state index contributed by atoms with van der Waals surface area (Å²) < 4.78 is 41.2. The SMILES string of the molecule is CS(=O)(=O)[C@@H]1O[C@@H](c2ccc(C3CC3)c(Cc3ccc4c(c3)OCCO4)c2)[C@H](O)[C@@H](O)[C@@H]1O. The molecule has 9 heteroatoms. The Morgan fingerprint density at radius 1 is 0.909 bits per heavy atom. The smallest absolute Gasteiger partial charge is 0.187 e. The third-order valence-electron chi connectivity index (χ3n) is 6.51. The first-order chi connectivity index (χ1) is 15.7. The molecule has 0 spiro atoms. The van der Waals surface area contributed by atoms with Gasteiger partial charge in [-0.05, 0) is 59.6 Å². The molecule has 2 aromatic rings. The van der Waals surface area contributed by atoms with E-state index in [1.807, 2.05) is 30.3 Å². The predicted molar refractivity (Wildman–Crippen MR) is 119 cm³/mol. The Balaban J connectivity index is 1.48. The van der Waals surface area contributed by atoms with Crippen LogP contribution in [0.3, 0.4) is 0 Å². The zero-order valence-corrected chi connectivity index (χ0v) is 19.1. The van der Waals surface area contributed by atoms with Crippen molar-refractivity contribution in [2.45, 2.75) is 55.0 Å². The van der Waals surface area contributed by atoms with Gasteiger partial charge in [0.05, 0.1) is 0 Å². The highest BCUT2D eigenvalue weighted by Gasteiger charge is 2.48. The highest BCUT2D eigenvalue weighted by molar-refractivity contribution is 7.91. The van der Waals surface area contributed by atoms with E-state index < -0.39 is 39.7 Å². The number of ether oxygens (including phenoxy) is 3. The third kappa shape index (κ3) is 4.48. The van der Waals surface area contributed by atoms with E-state index in [1.165, 1.54) is 5.56 Å². The summed E-state index contributed by atoms with van der Waals surface area (Å²) in [6, 6.07) is 11.5. The van der Waals surface area contributed by atoms with Crippen LogP contribution in [-0.4, -0.2) is 67.0 Å². The molecule has 3 N–H and O–H groups in total. The molecule has 0 radical (unpaired) electrons. The van der Waals surface area contributed by atoms with Crippen LogP contribution in [0.4, 0.5) is 0 Å². The van der Waals surface area contributed by atoms with E-state index in [2.05, 4.69) is 0 Å². The van der Waals surface area contributed by atoms with Crippen LogP contribution in [0.1, 0.15) is 47.1 Å². The molecule has 0 amide bonds. The Morgan fingerprint density at radius 2 is 1.64 bits per heavy atom. The molecule has 8 nitrogen and oxygen atoms in total. The maximum Gasteiger partial charge on any atom is 0.187 e. The van der Waals surface area contributed by atoms with Gasteiger partial charge in [0.25, 0.3) is 0 Å². The lowest BCUT2D eigenvalue weighted by atomic mass is 9.89. The minimum absolute atomic E-state index is 0.472. The number of fused-ring (bicyclic) bond motifs is 1. The Labute approximate surface area is 192 Å². The van der Waals surface area contributed by atoms with Crippen LogP contribution in [-0.2, 0) is 21.0 Å². The van der Waals surface area contributed by atoms with Crippen LogP contribution in [0.15, 0.2) is 36.4 Å². The van der Waals surface area contributed by atoms with Crippen LogP contribution >= 0.6 is 0 Å². The van der Waals surface area contributed by atoms with Crippen LogP contribution in [0.5, 0.6) is 11.5 Å². The maximum absolute atomic E-state index is 12.1. The number of benzene rings is 2. The van der Waals surface area contributed by atoms with Gasteiger partial charge in [-0.2, -0.15) is 0 Å². The summed E-state index contributed by atoms with van der Waals surface area (Å²) in [6.07, 6.45) is -2.16. The Bertz CT molecular complexity index is 1140. The molecule has 1 saturated heterocycles. The first kappa shape index (κ1) is 22.6. The Hall–Kier alpha value is -2.17. The second kappa shape index (κ2) is 8.56. The predicted octanol–water partition coefficient (Wildman–Crippen LogP) is 1.45. The van der Waals surface area contributed by atoms with E-state index >= 15 is 0 Å². The molecule has 2 aromatic carbocycles. The van der Waals surface area contributed by atoms with Gasteiger partial charge in [0.1, 0.15) is 37.6 Å². The summed E-state index contributed by atoms with van der Waals surface area (Å²) >= 11 is 0. The summed E-state index contributed by atoms with van der Waals surface area (Å²) in [6.45, 7) is 1.03. The van der Waals surface area contributed by atoms with Gasteiger partial charge in [0, 0.05) is 6.26 Å². The lowest BCUT2D eigenvalue weighted by Crippen LogP contribution is -2.56. The number of aliphatic hydroxyl groups excluding tert-OH is 3. The van der Waals surface area contributed by atoms with Gasteiger partial charge in [-0.15, -0.1) is 0 Å². The number of hydrogen-bond acceptors (Lipinski definition) is 8. The van der Waals surface area contributed by atoms with Gasteiger partial charge < -0.3 is 29.5 Å². The summed E-state index contributed by atoms with van der Waals surface area (Å²) in [5.41, 5.74) is 2.22. The summed E-state index contributed by atoms with van der Waals surface area (Å²) in [5, 5.41) is 31.0. The van der Waals surface area contributed by atoms with E-state index in [0.717, 1.165) is 36.0 Å². The van der Waals surface area contributed by atoms with Crippen molar-refractivity contribution >= 4 is 9.84 Å². The van der Waals surface area contributed by atoms with Crippen molar-refractivity contribution in [1.82, 2.24) is 0 Å². The number of hydrogen-bond donors (Lipinski definition) is 3. The normalized spacial score (nSPS) is 29.6. The number of sulfone groups is 1. The van der Waals surface area contributed by atoms with Gasteiger partial charge in [-0.25, -0.2) is 8.42 Å². The molecule has 178 valence electrons. The molecule has 1 aliphatic carbocycles. The lowest BCUT2D eigenvalue weighted by Gasteiger charge is -2.40. The molecular formula is C24H28O8S. The van der Waals surface area contributed by atoms with Gasteiger partial charge in [0.15, 0.2) is 26.8 Å². The molecule has 0 bridgehead atoms. The fraction of sp³-hybridized carbons (Fsp3) is 0.500. The molecular weight excluding hydrogens is 448 g/mol. The molecule has 3 aliphatic rings. The molecule has 0 aromatic heterocycles. The quantitative estimate of drug-likeness (QED) is 0.593. The molecule has 5 rings (SSSR count). The van der Waals surface area contributed by atoms with Crippen molar-refractivity contribution in [3.8, 4) is 11.5 Å². The zero-order chi connectivity index (χ0) is 23.3. The van der Waals surface area contributed by atoms with Gasteiger partial charge >= 0.3 is 0 Å². The van der Waals surface area contributed by atoms with Crippen molar-refractivity contribution in [3.05, 3.63) is 58.7 Å². The van der Waals surface area contributed by atoms with Gasteiger partial charge in [-0.1, -0.05) is 24.3 Å². The van der Waals surface area contributed by atoms with Crippen molar-refractivity contribution in [2.24, 2.45) is 0 Å². The van der Waals surface area contributed by atoms with Gasteiger partial charge in [-0.3, -0.25) is 0 Å². The lowest BCUT2D eigenvalue weighted by molar-refractivity contribution is -0.202. The van der Waals surface area contributed by atoms with Crippen molar-refractivity contribution in [2.75, 3.05) is 19.5 Å². The summed E-state index contributed by atoms with van der Waals surface area (Å²) in [7, 11) is -3.82. The van der Waals surface area contributed by atoms with Gasteiger partial charge in [0.2, 0.25) is 0 Å². The standard InChI is InChI=1S/C24H28O8S/c1-33(28,29)24-22(27)20(25)21(26)23(32-24)15-5-6-17(14-3-4-14)16(12-15)10-13-2-7-18-19(11-13)31-9-8-30-18/h2,5-7,11-12,14,20-27H,3-4,8-10H2,1H3/t20-,21-,22+,23+,24+/m1/s1. The average molecular weight is 477 g/mol. The maximum atomic E-state index is 12.1. The first-order valence-electron chi connectivity index (χ1n) is 11.1. The van der Waals surface area contributed by atoms with E-state index in [4.69, 9.17) is 14.2 Å². The second-order valence-corrected chi connectivity index (χ2v) is 11.2. The van der Waals surface area contributed by atoms with Crippen molar-refractivity contribution in [3.63, 3.8) is 0 Å². The molecule has 33 heavy (non-hydrogen) atoms. The topological polar surface area (TPSA) is 123 Å². The van der Waals surface area contributed by atoms with Crippen LogP contribution in [0, 0.1) is 0 Å². The molecule has 0 unspecified atom stereocenters. The van der Waals surface area contributed by atoms with E-state index in [0.29, 0.717) is 36.9 Å². The minimum atomic E-state index is -3.82. The van der Waals surface area contributed by atoms with Crippen molar-refractivity contribution in [1.29, 1.82) is 0 Å². The molecule has 2 fully saturated rings. The Morgan fingerprint density at radius 3 is 2.33 bits per heavy atom. The van der Waals surface area contributed by atoms with E-state index in [1.54, 1.807) is 6.07 Å². The van der Waals surface area contributed by atoms with E-state index in [-0.39, 0.29) is 0 Å². The molecule has 1 saturated carbocycles. The average Bonchev–Trinajstić information content (AvgIpc) is 3.62. The fourth-order valence-corrected chi connectivity index (χ4v) is 5.63. The first-order valence-corrected chi connectivity index (χ1v) is 13.1. The largest absolute Gasteiger partial charge is 0.486 e. The molecule has 2 aliphatic heterocycles. The number of aliphatic hydroxyl groups is 3. The highest BCUT2D eigenvalue weighted by atomic mass is 32.2. The van der Waals surface area contributed by atoms with Crippen LogP contribution < -0.4 is 9.47 Å². The van der Waals surface area contributed by atoms with Crippen LogP contribution in [0.2, 0.25) is 0 Å². The van der Waals surface area contributed by atoms with Crippen LogP contribution in [0.25, 0.3) is 0 Å². The molecule has 5 atom stereocenters. The Kier molecular flexibility index (Phi) is 5.86. The monoisotopic (exact) mass is 476 g/mol. The fourth-order valence-electron chi connectivity index (χ4n) is 4.64. The third-order valence-corrected chi connectivity index (χ3v) is 7.74. The zero-order valence-electron chi connectivity index (χ0n) is 18.3. The minimum Gasteiger partial charge on any atom is -0.486 e. The van der Waals surface area contributed by atoms with E-state index in [9.17, 15) is 23.7 Å². The number of rotatable bonds is 5. The second-order valence-electron chi connectivity index (χ2n) is 9.11.